The zero-order valence-corrected chi connectivity index (χ0v) is 12.2. The Balaban J connectivity index is 4.83. The molecule has 0 atom stereocenters. The van der Waals surface area contributed by atoms with Gasteiger partial charge in [0.05, 0.1) is 0 Å². The molecule has 0 aromatic rings. The first-order valence-corrected chi connectivity index (χ1v) is 7.21. The van der Waals surface area contributed by atoms with Crippen LogP contribution < -0.4 is 0 Å². The lowest BCUT2D eigenvalue weighted by molar-refractivity contribution is 0.769. The predicted molar refractivity (Wildman–Crippen MR) is 83.5 cm³/mol. The van der Waals surface area contributed by atoms with E-state index < -0.39 is 0 Å². The van der Waals surface area contributed by atoms with E-state index in [2.05, 4.69) is 38.8 Å². The van der Waals surface area contributed by atoms with Crippen LogP contribution in [-0.4, -0.2) is 0 Å². The Kier molecular flexibility index (Phi) is 11.4. The van der Waals surface area contributed by atoms with Crippen LogP contribution in [0.2, 0.25) is 0 Å². The fourth-order valence-corrected chi connectivity index (χ4v) is 1.80. The molecule has 0 rings (SSSR count). The molecule has 0 saturated heterocycles. The largest absolute Gasteiger partial charge is 0.103 e. The van der Waals surface area contributed by atoms with Gasteiger partial charge in [-0.25, -0.2) is 0 Å². The molecule has 0 heteroatoms. The van der Waals surface area contributed by atoms with Crippen molar-refractivity contribution in [2.24, 2.45) is 0 Å². The molecule has 0 aliphatic rings. The van der Waals surface area contributed by atoms with E-state index in [1.54, 1.807) is 0 Å². The van der Waals surface area contributed by atoms with E-state index in [9.17, 15) is 0 Å². The first-order valence-electron chi connectivity index (χ1n) is 7.21. The second-order valence-corrected chi connectivity index (χ2v) is 4.58. The number of hydrogen-bond donors (Lipinski definition) is 0. The molecule has 0 N–H and O–H groups in total. The second kappa shape index (κ2) is 12.2. The zero-order chi connectivity index (χ0) is 13.6. The molecule has 100 valence electrons. The van der Waals surface area contributed by atoms with Crippen molar-refractivity contribution < 1.29 is 0 Å². The van der Waals surface area contributed by atoms with Gasteiger partial charge < -0.3 is 0 Å². The van der Waals surface area contributed by atoms with Crippen molar-refractivity contribution in [2.45, 2.75) is 65.2 Å². The van der Waals surface area contributed by atoms with Gasteiger partial charge in [-0.05, 0) is 32.1 Å². The van der Waals surface area contributed by atoms with Gasteiger partial charge in [0.25, 0.3) is 0 Å². The van der Waals surface area contributed by atoms with Gasteiger partial charge >= 0.3 is 0 Å². The van der Waals surface area contributed by atoms with Gasteiger partial charge in [-0.1, -0.05) is 56.3 Å². The highest BCUT2D eigenvalue weighted by atomic mass is 14.1. The molecule has 0 radical (unpaired) electrons. The van der Waals surface area contributed by atoms with Crippen LogP contribution >= 0.6 is 0 Å². The predicted octanol–water partition coefficient (Wildman–Crippen LogP) is 5.82. The van der Waals surface area contributed by atoms with Gasteiger partial charge in [0.15, 0.2) is 0 Å². The molecule has 0 amide bonds. The molecule has 0 saturated carbocycles. The minimum atomic E-state index is 0.895. The maximum atomic E-state index is 3.85. The third-order valence-electron chi connectivity index (χ3n) is 2.89. The molecule has 18 heavy (non-hydrogen) atoms. The first-order chi connectivity index (χ1) is 8.79. The lowest BCUT2D eigenvalue weighted by Crippen LogP contribution is -1.90. The van der Waals surface area contributed by atoms with Gasteiger partial charge in [0, 0.05) is 12.0 Å². The van der Waals surface area contributed by atoms with Crippen LogP contribution in [0.25, 0.3) is 0 Å². The van der Waals surface area contributed by atoms with Crippen molar-refractivity contribution in [1.29, 1.82) is 0 Å². The quantitative estimate of drug-likeness (QED) is 0.272. The van der Waals surface area contributed by atoms with Crippen LogP contribution in [0.4, 0.5) is 0 Å². The zero-order valence-electron chi connectivity index (χ0n) is 12.2. The van der Waals surface area contributed by atoms with E-state index in [1.807, 2.05) is 12.2 Å². The summed E-state index contributed by atoms with van der Waals surface area (Å²) in [6.07, 6.45) is 12.8. The van der Waals surface area contributed by atoms with Gasteiger partial charge in [0.1, 0.15) is 0 Å². The van der Waals surface area contributed by atoms with Crippen molar-refractivity contribution in [2.75, 3.05) is 0 Å². The minimum Gasteiger partial charge on any atom is -0.103 e. The smallest absolute Gasteiger partial charge is 0.00922 e. The van der Waals surface area contributed by atoms with Gasteiger partial charge in [-0.15, -0.1) is 13.2 Å². The summed E-state index contributed by atoms with van der Waals surface area (Å²) in [5.41, 5.74) is 2.73. The summed E-state index contributed by atoms with van der Waals surface area (Å²) in [6.45, 7) is 12.1. The van der Waals surface area contributed by atoms with Crippen LogP contribution in [0.5, 0.6) is 0 Å². The third-order valence-corrected chi connectivity index (χ3v) is 2.89. The van der Waals surface area contributed by atoms with Crippen LogP contribution in [-0.2, 0) is 0 Å². The normalized spacial score (nSPS) is 11.2. The Labute approximate surface area is 114 Å². The molecule has 0 aliphatic heterocycles. The standard InChI is InChI=1S/C18H28/c1-5-9-11-12-16-18(14-8-4)17(13-7-3)15-10-6-2/h7-8H,3-6,9-11,13-15H2,1-2H3/b18-17+. The van der Waals surface area contributed by atoms with E-state index in [1.165, 1.54) is 36.8 Å². The van der Waals surface area contributed by atoms with Gasteiger partial charge in [0.2, 0.25) is 0 Å². The highest BCUT2D eigenvalue weighted by Crippen LogP contribution is 2.19. The van der Waals surface area contributed by atoms with E-state index in [0.29, 0.717) is 0 Å². The maximum absolute atomic E-state index is 3.85. The Bertz CT molecular complexity index is 320. The number of rotatable bonds is 9. The average molecular weight is 244 g/mol. The summed E-state index contributed by atoms with van der Waals surface area (Å²) < 4.78 is 0. The lowest BCUT2D eigenvalue weighted by atomic mass is 9.97. The van der Waals surface area contributed by atoms with Crippen LogP contribution in [0.15, 0.2) is 36.5 Å². The monoisotopic (exact) mass is 244 g/mol. The first kappa shape index (κ1) is 16.8. The SMILES string of the molecule is C=CC/C(C#CCCCC)=C(/CC=C)CCCC. The summed E-state index contributed by atoms with van der Waals surface area (Å²) in [5, 5.41) is 0. The molecule has 0 unspecified atom stereocenters. The highest BCUT2D eigenvalue weighted by molar-refractivity contribution is 5.36. The van der Waals surface area contributed by atoms with Crippen LogP contribution in [0.3, 0.4) is 0 Å². The Morgan fingerprint density at radius 2 is 1.67 bits per heavy atom. The average Bonchev–Trinajstić information content (AvgIpc) is 2.38. The highest BCUT2D eigenvalue weighted by Gasteiger charge is 2.02. The van der Waals surface area contributed by atoms with E-state index in [0.717, 1.165) is 25.7 Å². The molecule has 0 fully saturated rings. The van der Waals surface area contributed by atoms with Crippen molar-refractivity contribution in [3.63, 3.8) is 0 Å². The summed E-state index contributed by atoms with van der Waals surface area (Å²) in [4.78, 5) is 0. The Hall–Kier alpha value is -1.22. The van der Waals surface area contributed by atoms with Gasteiger partial charge in [-0.2, -0.15) is 0 Å². The molecule has 0 aromatic carbocycles. The fraction of sp³-hybridized carbons (Fsp3) is 0.556. The van der Waals surface area contributed by atoms with E-state index >= 15 is 0 Å². The second-order valence-electron chi connectivity index (χ2n) is 4.58. The Morgan fingerprint density at radius 1 is 1.00 bits per heavy atom. The number of allylic oxidation sites excluding steroid dienone is 4. The maximum Gasteiger partial charge on any atom is 0.00922 e. The Morgan fingerprint density at radius 3 is 2.22 bits per heavy atom. The fourth-order valence-electron chi connectivity index (χ4n) is 1.80. The molecular formula is C18H28. The topological polar surface area (TPSA) is 0 Å². The van der Waals surface area contributed by atoms with Crippen molar-refractivity contribution in [1.82, 2.24) is 0 Å². The summed E-state index contributed by atoms with van der Waals surface area (Å²) in [5.74, 6) is 6.66. The molecule has 0 aliphatic carbocycles. The van der Waals surface area contributed by atoms with Crippen molar-refractivity contribution >= 4 is 0 Å². The molecule has 0 spiro atoms. The van der Waals surface area contributed by atoms with E-state index in [4.69, 9.17) is 0 Å². The lowest BCUT2D eigenvalue weighted by Gasteiger charge is -2.08. The van der Waals surface area contributed by atoms with Gasteiger partial charge in [-0.3, -0.25) is 0 Å². The molecule has 0 bridgehead atoms. The molecule has 0 nitrogen and oxygen atoms in total. The number of unbranched alkanes of at least 4 members (excludes halogenated alkanes) is 3. The summed E-state index contributed by atoms with van der Waals surface area (Å²) in [6, 6.07) is 0. The third kappa shape index (κ3) is 7.96. The summed E-state index contributed by atoms with van der Waals surface area (Å²) >= 11 is 0. The van der Waals surface area contributed by atoms with E-state index in [-0.39, 0.29) is 0 Å². The molecular weight excluding hydrogens is 216 g/mol. The molecule has 0 aromatic heterocycles. The van der Waals surface area contributed by atoms with Crippen molar-refractivity contribution in [3.05, 3.63) is 36.5 Å². The van der Waals surface area contributed by atoms with Crippen LogP contribution in [0, 0.1) is 11.8 Å². The number of hydrogen-bond acceptors (Lipinski definition) is 0. The minimum absolute atomic E-state index is 0.895. The van der Waals surface area contributed by atoms with Crippen molar-refractivity contribution in [3.8, 4) is 11.8 Å². The molecule has 0 heterocycles. The summed E-state index contributed by atoms with van der Waals surface area (Å²) in [7, 11) is 0. The van der Waals surface area contributed by atoms with Crippen LogP contribution in [0.1, 0.15) is 65.2 Å².